The van der Waals surface area contributed by atoms with Gasteiger partial charge in [0, 0.05) is 30.9 Å². The van der Waals surface area contributed by atoms with E-state index in [-0.39, 0.29) is 23.0 Å². The van der Waals surface area contributed by atoms with Gasteiger partial charge in [0.25, 0.3) is 0 Å². The fraction of sp³-hybridized carbons (Fsp3) is 0.545. The van der Waals surface area contributed by atoms with Gasteiger partial charge in [-0.25, -0.2) is 13.4 Å². The summed E-state index contributed by atoms with van der Waals surface area (Å²) >= 11 is 1.76. The Bertz CT molecular complexity index is 1040. The van der Waals surface area contributed by atoms with E-state index in [1.165, 1.54) is 40.9 Å². The van der Waals surface area contributed by atoms with Crippen LogP contribution in [0.5, 0.6) is 5.75 Å². The minimum absolute atomic E-state index is 0.0839. The van der Waals surface area contributed by atoms with Crippen LogP contribution >= 0.6 is 11.3 Å². The molecular formula is C22H29N3O5S2. The third-order valence-electron chi connectivity index (χ3n) is 5.73. The van der Waals surface area contributed by atoms with E-state index in [0.29, 0.717) is 44.8 Å². The van der Waals surface area contributed by atoms with Crippen LogP contribution in [0.4, 0.5) is 0 Å². The molecule has 2 aromatic rings. The number of methoxy groups -OCH3 is 1. The number of nitrogens with zero attached hydrogens (tertiary/aromatic N) is 2. The monoisotopic (exact) mass is 479 g/mol. The predicted molar refractivity (Wildman–Crippen MR) is 122 cm³/mol. The summed E-state index contributed by atoms with van der Waals surface area (Å²) in [5, 5.41) is 4.00. The van der Waals surface area contributed by atoms with Crippen LogP contribution in [0.3, 0.4) is 0 Å². The van der Waals surface area contributed by atoms with Crippen molar-refractivity contribution in [1.29, 1.82) is 0 Å². The lowest BCUT2D eigenvalue weighted by Gasteiger charge is -2.26. The van der Waals surface area contributed by atoms with Gasteiger partial charge in [-0.1, -0.05) is 6.07 Å². The van der Waals surface area contributed by atoms with E-state index in [2.05, 4.69) is 5.32 Å². The van der Waals surface area contributed by atoms with E-state index in [1.807, 2.05) is 0 Å². The van der Waals surface area contributed by atoms with Gasteiger partial charge in [-0.15, -0.1) is 11.3 Å². The second-order valence-corrected chi connectivity index (χ2v) is 11.0. The number of fused-ring (bicyclic) bond motifs is 1. The van der Waals surface area contributed by atoms with E-state index in [1.54, 1.807) is 23.5 Å². The Morgan fingerprint density at radius 2 is 2.03 bits per heavy atom. The molecular weight excluding hydrogens is 450 g/mol. The summed E-state index contributed by atoms with van der Waals surface area (Å²) in [7, 11) is -2.29. The molecule has 0 atom stereocenters. The molecule has 2 aliphatic rings. The number of sulfonamides is 1. The molecule has 1 aliphatic carbocycles. The Morgan fingerprint density at radius 3 is 2.78 bits per heavy atom. The summed E-state index contributed by atoms with van der Waals surface area (Å²) in [5.74, 6) is 0.125. The topological polar surface area (TPSA) is 97.8 Å². The number of aryl methyl sites for hydroxylation is 2. The average molecular weight is 480 g/mol. The number of rotatable bonds is 8. The van der Waals surface area contributed by atoms with E-state index >= 15 is 0 Å². The Balaban J connectivity index is 1.37. The maximum Gasteiger partial charge on any atom is 0.246 e. The molecule has 0 unspecified atom stereocenters. The van der Waals surface area contributed by atoms with Crippen LogP contribution in [0, 0.1) is 0 Å². The molecule has 32 heavy (non-hydrogen) atoms. The summed E-state index contributed by atoms with van der Waals surface area (Å²) in [6, 6.07) is 4.87. The smallest absolute Gasteiger partial charge is 0.246 e. The molecule has 1 N–H and O–H groups in total. The Labute approximate surface area is 193 Å². The first kappa shape index (κ1) is 23.2. The van der Waals surface area contributed by atoms with E-state index in [9.17, 15) is 13.2 Å². The summed E-state index contributed by atoms with van der Waals surface area (Å²) in [5.41, 5.74) is 1.86. The predicted octanol–water partition coefficient (Wildman–Crippen LogP) is 1.95. The second kappa shape index (κ2) is 10.3. The van der Waals surface area contributed by atoms with E-state index in [0.717, 1.165) is 17.8 Å². The number of nitrogens with one attached hydrogen (secondary N) is 1. The quantitative estimate of drug-likeness (QED) is 0.622. The molecule has 1 saturated heterocycles. The fourth-order valence-corrected chi connectivity index (χ4v) is 6.80. The molecule has 0 bridgehead atoms. The molecule has 0 saturated carbocycles. The lowest BCUT2D eigenvalue weighted by molar-refractivity contribution is -0.120. The molecule has 1 amide bonds. The van der Waals surface area contributed by atoms with Gasteiger partial charge >= 0.3 is 0 Å². The van der Waals surface area contributed by atoms with Crippen LogP contribution in [0.2, 0.25) is 0 Å². The van der Waals surface area contributed by atoms with Gasteiger partial charge in [-0.2, -0.15) is 4.31 Å². The van der Waals surface area contributed by atoms with Gasteiger partial charge in [0.2, 0.25) is 15.9 Å². The highest BCUT2D eigenvalue weighted by Gasteiger charge is 2.29. The first-order chi connectivity index (χ1) is 15.5. The van der Waals surface area contributed by atoms with Gasteiger partial charge in [-0.05, 0) is 43.4 Å². The SMILES string of the molecule is COc1ccc(CC(=O)NCCc2nc3c(s2)CCCC3)cc1S(=O)(=O)N1CCOCC1. The van der Waals surface area contributed by atoms with Gasteiger partial charge in [0.05, 0.1) is 37.4 Å². The zero-order valence-electron chi connectivity index (χ0n) is 18.3. The van der Waals surface area contributed by atoms with Crippen molar-refractivity contribution in [3.63, 3.8) is 0 Å². The average Bonchev–Trinajstić information content (AvgIpc) is 3.22. The molecule has 2 heterocycles. The number of aromatic nitrogens is 1. The number of hydrogen-bond acceptors (Lipinski definition) is 7. The Morgan fingerprint density at radius 1 is 1.25 bits per heavy atom. The zero-order chi connectivity index (χ0) is 22.6. The normalized spacial score (nSPS) is 17.0. The van der Waals surface area contributed by atoms with Crippen LogP contribution < -0.4 is 10.1 Å². The summed E-state index contributed by atoms with van der Waals surface area (Å²) < 4.78 is 38.1. The van der Waals surface area contributed by atoms with E-state index in [4.69, 9.17) is 14.5 Å². The van der Waals surface area contributed by atoms with Crippen molar-refractivity contribution in [3.05, 3.63) is 39.3 Å². The van der Waals surface area contributed by atoms with Gasteiger partial charge in [0.15, 0.2) is 0 Å². The number of ether oxygens (including phenoxy) is 2. The summed E-state index contributed by atoms with van der Waals surface area (Å²) in [6.45, 7) is 1.85. The van der Waals surface area contributed by atoms with Crippen molar-refractivity contribution in [2.75, 3.05) is 40.0 Å². The highest BCUT2D eigenvalue weighted by molar-refractivity contribution is 7.89. The number of carbonyl (C=O) groups is 1. The van der Waals surface area contributed by atoms with Crippen LogP contribution in [0.1, 0.15) is 34.0 Å². The van der Waals surface area contributed by atoms with Crippen molar-refractivity contribution >= 4 is 27.3 Å². The molecule has 1 aromatic heterocycles. The van der Waals surface area contributed by atoms with Crippen LogP contribution in [-0.2, 0) is 45.2 Å². The zero-order valence-corrected chi connectivity index (χ0v) is 19.9. The molecule has 174 valence electrons. The minimum atomic E-state index is -3.73. The summed E-state index contributed by atoms with van der Waals surface area (Å²) in [4.78, 5) is 18.7. The second-order valence-electron chi connectivity index (χ2n) is 7.96. The lowest BCUT2D eigenvalue weighted by Crippen LogP contribution is -2.40. The van der Waals surface area contributed by atoms with Crippen molar-refractivity contribution in [2.24, 2.45) is 0 Å². The third-order valence-corrected chi connectivity index (χ3v) is 8.87. The lowest BCUT2D eigenvalue weighted by atomic mass is 10.0. The molecule has 8 nitrogen and oxygen atoms in total. The first-order valence-electron chi connectivity index (χ1n) is 11.0. The number of morpholine rings is 1. The van der Waals surface area contributed by atoms with Gasteiger partial charge < -0.3 is 14.8 Å². The number of benzene rings is 1. The Kier molecular flexibility index (Phi) is 7.44. The van der Waals surface area contributed by atoms with Crippen LogP contribution in [-0.4, -0.2) is 63.6 Å². The number of hydrogen-bond donors (Lipinski definition) is 1. The molecule has 0 spiro atoms. The van der Waals surface area contributed by atoms with Crippen molar-refractivity contribution in [1.82, 2.24) is 14.6 Å². The molecule has 4 rings (SSSR count). The van der Waals surface area contributed by atoms with Gasteiger partial charge in [-0.3, -0.25) is 4.79 Å². The molecule has 1 aromatic carbocycles. The maximum absolute atomic E-state index is 13.1. The van der Waals surface area contributed by atoms with Crippen LogP contribution in [0.25, 0.3) is 0 Å². The van der Waals surface area contributed by atoms with Crippen molar-refractivity contribution in [3.8, 4) is 5.75 Å². The minimum Gasteiger partial charge on any atom is -0.495 e. The van der Waals surface area contributed by atoms with Crippen LogP contribution in [0.15, 0.2) is 23.1 Å². The molecule has 0 radical (unpaired) electrons. The third kappa shape index (κ3) is 5.31. The Hall–Kier alpha value is -2.01. The molecule has 10 heteroatoms. The highest BCUT2D eigenvalue weighted by Crippen LogP contribution is 2.29. The molecule has 1 fully saturated rings. The number of carbonyl (C=O) groups excluding carboxylic acids is 1. The van der Waals surface area contributed by atoms with Crippen molar-refractivity contribution < 1.29 is 22.7 Å². The van der Waals surface area contributed by atoms with Crippen molar-refractivity contribution in [2.45, 2.75) is 43.4 Å². The van der Waals surface area contributed by atoms with E-state index < -0.39 is 10.0 Å². The number of thiazole rings is 1. The first-order valence-corrected chi connectivity index (χ1v) is 13.2. The standard InChI is InChI=1S/C22H29N3O5S2/c1-29-18-7-6-16(14-20(18)32(27,28)25-10-12-30-13-11-25)15-21(26)23-9-8-22-24-17-4-2-3-5-19(17)31-22/h6-7,14H,2-5,8-13,15H2,1H3,(H,23,26). The maximum atomic E-state index is 13.1. The number of amides is 1. The van der Waals surface area contributed by atoms with Gasteiger partial charge in [0.1, 0.15) is 10.6 Å². The molecule has 1 aliphatic heterocycles. The largest absolute Gasteiger partial charge is 0.495 e. The fourth-order valence-electron chi connectivity index (χ4n) is 4.03. The summed E-state index contributed by atoms with van der Waals surface area (Å²) in [6.07, 6.45) is 5.43. The highest BCUT2D eigenvalue weighted by atomic mass is 32.2.